The maximum Gasteiger partial charge on any atom is 0.315 e. The first-order valence-corrected chi connectivity index (χ1v) is 7.54. The zero-order valence-corrected chi connectivity index (χ0v) is 12.2. The van der Waals surface area contributed by atoms with Crippen LogP contribution < -0.4 is 10.6 Å². The molecule has 3 N–H and O–H groups in total. The van der Waals surface area contributed by atoms with Crippen LogP contribution in [0, 0.1) is 12.3 Å². The zero-order chi connectivity index (χ0) is 13.9. The molecule has 1 aromatic rings. The van der Waals surface area contributed by atoms with Crippen LogP contribution >= 0.6 is 11.3 Å². The molecule has 1 aromatic heterocycles. The van der Waals surface area contributed by atoms with Gasteiger partial charge in [-0.15, -0.1) is 11.3 Å². The Kier molecular flexibility index (Phi) is 4.42. The maximum absolute atomic E-state index is 11.9. The number of carbonyl (C=O) groups excluding carboxylic acids is 1. The molecule has 1 fully saturated rings. The molecule has 1 heterocycles. The van der Waals surface area contributed by atoms with Crippen molar-refractivity contribution in [3.05, 3.63) is 16.1 Å². The number of urea groups is 1. The first kappa shape index (κ1) is 14.3. The molecular weight excluding hydrogens is 262 g/mol. The molecule has 0 aliphatic heterocycles. The number of aliphatic hydroxyl groups is 1. The van der Waals surface area contributed by atoms with Crippen LogP contribution in [0.5, 0.6) is 0 Å². The average molecular weight is 283 g/mol. The minimum Gasteiger partial charge on any atom is -0.396 e. The Labute approximate surface area is 117 Å². The van der Waals surface area contributed by atoms with Crippen LogP contribution in [0.15, 0.2) is 5.38 Å². The van der Waals surface area contributed by atoms with Crippen molar-refractivity contribution < 1.29 is 9.90 Å². The largest absolute Gasteiger partial charge is 0.396 e. The number of aryl methyl sites for hydroxylation is 1. The number of thiazole rings is 1. The Bertz CT molecular complexity index is 443. The van der Waals surface area contributed by atoms with Gasteiger partial charge in [-0.05, 0) is 26.2 Å². The van der Waals surface area contributed by atoms with Crippen molar-refractivity contribution in [2.75, 3.05) is 13.2 Å². The van der Waals surface area contributed by atoms with Gasteiger partial charge in [0, 0.05) is 23.0 Å². The van der Waals surface area contributed by atoms with Crippen molar-refractivity contribution in [1.82, 2.24) is 15.6 Å². The maximum atomic E-state index is 11.9. The van der Waals surface area contributed by atoms with Crippen molar-refractivity contribution >= 4 is 17.4 Å². The van der Waals surface area contributed by atoms with E-state index in [1.165, 1.54) is 0 Å². The molecule has 0 bridgehead atoms. The predicted octanol–water partition coefficient (Wildman–Crippen LogP) is 1.97. The van der Waals surface area contributed by atoms with Crippen molar-refractivity contribution in [1.29, 1.82) is 0 Å². The van der Waals surface area contributed by atoms with E-state index in [2.05, 4.69) is 15.6 Å². The van der Waals surface area contributed by atoms with E-state index in [1.54, 1.807) is 11.3 Å². The van der Waals surface area contributed by atoms with E-state index in [0.29, 0.717) is 6.54 Å². The van der Waals surface area contributed by atoms with Gasteiger partial charge in [0.2, 0.25) is 0 Å². The number of amides is 2. The van der Waals surface area contributed by atoms with Gasteiger partial charge in [0.25, 0.3) is 0 Å². The number of rotatable bonds is 6. The Hall–Kier alpha value is -1.14. The number of hydrogen-bond acceptors (Lipinski definition) is 4. The molecule has 0 spiro atoms. The normalized spacial score (nSPS) is 17.8. The van der Waals surface area contributed by atoms with Crippen LogP contribution in [0.2, 0.25) is 0 Å². The number of aliphatic hydroxyl groups excluding tert-OH is 1. The second kappa shape index (κ2) is 5.88. The molecule has 2 amide bonds. The van der Waals surface area contributed by atoms with Crippen molar-refractivity contribution in [3.63, 3.8) is 0 Å². The topological polar surface area (TPSA) is 74.2 Å². The van der Waals surface area contributed by atoms with E-state index in [9.17, 15) is 9.90 Å². The molecule has 0 aromatic carbocycles. The van der Waals surface area contributed by atoms with Gasteiger partial charge in [-0.2, -0.15) is 0 Å². The van der Waals surface area contributed by atoms with E-state index in [-0.39, 0.29) is 24.1 Å². The molecule has 1 aliphatic rings. The average Bonchev–Trinajstić information content (AvgIpc) is 3.08. The number of aromatic nitrogens is 1. The predicted molar refractivity (Wildman–Crippen MR) is 75.2 cm³/mol. The number of carbonyl (C=O) groups is 1. The summed E-state index contributed by atoms with van der Waals surface area (Å²) in [4.78, 5) is 16.3. The van der Waals surface area contributed by atoms with Gasteiger partial charge in [-0.25, -0.2) is 9.78 Å². The summed E-state index contributed by atoms with van der Waals surface area (Å²) in [5.74, 6) is 0. The Morgan fingerprint density at radius 2 is 2.37 bits per heavy atom. The molecule has 1 aliphatic carbocycles. The van der Waals surface area contributed by atoms with Gasteiger partial charge in [0.05, 0.1) is 12.6 Å². The summed E-state index contributed by atoms with van der Waals surface area (Å²) in [5, 5.41) is 17.9. The van der Waals surface area contributed by atoms with Crippen LogP contribution in [-0.2, 0) is 0 Å². The second-order valence-electron chi connectivity index (χ2n) is 5.27. The molecule has 1 saturated carbocycles. The SMILES string of the molecule is CCC(NC(=O)NCC1(CO)CC1)c1nc(C)cs1. The van der Waals surface area contributed by atoms with E-state index in [0.717, 1.165) is 30.0 Å². The van der Waals surface area contributed by atoms with Crippen LogP contribution in [0.25, 0.3) is 0 Å². The van der Waals surface area contributed by atoms with Crippen LogP contribution in [0.4, 0.5) is 4.79 Å². The fourth-order valence-corrected chi connectivity index (χ4v) is 2.85. The van der Waals surface area contributed by atoms with Gasteiger partial charge in [-0.3, -0.25) is 0 Å². The van der Waals surface area contributed by atoms with Crippen LogP contribution in [-0.4, -0.2) is 29.3 Å². The number of hydrogen-bond donors (Lipinski definition) is 3. The van der Waals surface area contributed by atoms with Gasteiger partial charge in [0.15, 0.2) is 0 Å². The van der Waals surface area contributed by atoms with E-state index in [4.69, 9.17) is 0 Å². The summed E-state index contributed by atoms with van der Waals surface area (Å²) in [6.45, 7) is 4.67. The van der Waals surface area contributed by atoms with E-state index in [1.807, 2.05) is 19.2 Å². The molecule has 106 valence electrons. The lowest BCUT2D eigenvalue weighted by Crippen LogP contribution is -2.41. The molecule has 5 nitrogen and oxygen atoms in total. The Morgan fingerprint density at radius 3 is 2.84 bits per heavy atom. The van der Waals surface area contributed by atoms with Crippen LogP contribution in [0.3, 0.4) is 0 Å². The molecule has 0 saturated heterocycles. The highest BCUT2D eigenvalue weighted by molar-refractivity contribution is 7.09. The summed E-state index contributed by atoms with van der Waals surface area (Å²) in [6, 6.07) is -0.220. The third-order valence-electron chi connectivity index (χ3n) is 3.56. The van der Waals surface area contributed by atoms with Gasteiger partial charge in [0.1, 0.15) is 5.01 Å². The van der Waals surface area contributed by atoms with E-state index >= 15 is 0 Å². The van der Waals surface area contributed by atoms with Gasteiger partial charge < -0.3 is 15.7 Å². The van der Waals surface area contributed by atoms with Crippen molar-refractivity contribution in [2.24, 2.45) is 5.41 Å². The fraction of sp³-hybridized carbons (Fsp3) is 0.692. The molecule has 19 heavy (non-hydrogen) atoms. The standard InChI is InChI=1S/C13H21N3O2S/c1-3-10(11-15-9(2)6-19-11)16-12(18)14-7-13(8-17)4-5-13/h6,10,17H,3-5,7-8H2,1-2H3,(H2,14,16,18). The van der Waals surface area contributed by atoms with Crippen molar-refractivity contribution in [2.45, 2.75) is 39.2 Å². The minimum atomic E-state index is -0.181. The Balaban J connectivity index is 1.83. The fourth-order valence-electron chi connectivity index (χ4n) is 1.92. The summed E-state index contributed by atoms with van der Waals surface area (Å²) in [5.41, 5.74) is 0.925. The first-order valence-electron chi connectivity index (χ1n) is 6.66. The smallest absolute Gasteiger partial charge is 0.315 e. The van der Waals surface area contributed by atoms with E-state index < -0.39 is 0 Å². The summed E-state index contributed by atoms with van der Waals surface area (Å²) in [7, 11) is 0. The van der Waals surface area contributed by atoms with Gasteiger partial charge >= 0.3 is 6.03 Å². The third kappa shape index (κ3) is 3.67. The minimum absolute atomic E-state index is 0.0389. The molecular formula is C13H21N3O2S. The molecule has 1 atom stereocenters. The summed E-state index contributed by atoms with van der Waals surface area (Å²) in [6.07, 6.45) is 2.80. The number of nitrogens with zero attached hydrogens (tertiary/aromatic N) is 1. The lowest BCUT2D eigenvalue weighted by atomic mass is 10.1. The third-order valence-corrected chi connectivity index (χ3v) is 4.64. The highest BCUT2D eigenvalue weighted by atomic mass is 32.1. The van der Waals surface area contributed by atoms with Crippen molar-refractivity contribution in [3.8, 4) is 0 Å². The lowest BCUT2D eigenvalue weighted by Gasteiger charge is -2.17. The molecule has 0 radical (unpaired) electrons. The lowest BCUT2D eigenvalue weighted by molar-refractivity contribution is 0.202. The highest BCUT2D eigenvalue weighted by Gasteiger charge is 2.42. The quantitative estimate of drug-likeness (QED) is 0.747. The van der Waals surface area contributed by atoms with Gasteiger partial charge in [-0.1, -0.05) is 6.92 Å². The van der Waals surface area contributed by atoms with Crippen LogP contribution in [0.1, 0.15) is 42.9 Å². The molecule has 2 rings (SSSR count). The summed E-state index contributed by atoms with van der Waals surface area (Å²) >= 11 is 1.57. The number of nitrogens with one attached hydrogen (secondary N) is 2. The summed E-state index contributed by atoms with van der Waals surface area (Å²) < 4.78 is 0. The molecule has 6 heteroatoms. The monoisotopic (exact) mass is 283 g/mol. The molecule has 1 unspecified atom stereocenters. The zero-order valence-electron chi connectivity index (χ0n) is 11.4. The first-order chi connectivity index (χ1) is 9.08. The second-order valence-corrected chi connectivity index (χ2v) is 6.16. The Morgan fingerprint density at radius 1 is 1.63 bits per heavy atom. The highest BCUT2D eigenvalue weighted by Crippen LogP contribution is 2.44.